The van der Waals surface area contributed by atoms with Gasteiger partial charge in [0.25, 0.3) is 0 Å². The van der Waals surface area contributed by atoms with Crippen molar-refractivity contribution >= 4 is 16.9 Å². The van der Waals surface area contributed by atoms with Gasteiger partial charge in [0.15, 0.2) is 5.75 Å². The highest BCUT2D eigenvalue weighted by atomic mass is 16.5. The molecule has 0 saturated heterocycles. The van der Waals surface area contributed by atoms with Crippen LogP contribution in [-0.2, 0) is 0 Å². The Bertz CT molecular complexity index is 1110. The first-order valence-corrected chi connectivity index (χ1v) is 8.47. The summed E-state index contributed by atoms with van der Waals surface area (Å²) in [4.78, 5) is 21.4. The first-order chi connectivity index (χ1) is 13.2. The molecule has 2 aromatic heterocycles. The van der Waals surface area contributed by atoms with Crippen molar-refractivity contribution in [3.63, 3.8) is 0 Å². The molecule has 0 radical (unpaired) electrons. The van der Waals surface area contributed by atoms with Gasteiger partial charge >= 0.3 is 5.97 Å². The number of aromatic nitrogens is 2. The fourth-order valence-corrected chi connectivity index (χ4v) is 2.68. The van der Waals surface area contributed by atoms with E-state index in [0.717, 1.165) is 11.1 Å². The molecular formula is C22H16N2O3. The Morgan fingerprint density at radius 3 is 2.59 bits per heavy atom. The number of hydrogen-bond donors (Lipinski definition) is 0. The highest BCUT2D eigenvalue weighted by molar-refractivity contribution is 5.96. The van der Waals surface area contributed by atoms with E-state index >= 15 is 0 Å². The molecule has 0 aliphatic heterocycles. The standard InChI is InChI=1S/C22H16N2O3/c1-15-12-13-16-7-5-11-19(20(16)24-15)27-22(25)18-10-6-14-23-21(18)26-17-8-3-2-4-9-17/h2-14H,1H3. The fraction of sp³-hybridized carbons (Fsp3) is 0.0455. The fourth-order valence-electron chi connectivity index (χ4n) is 2.68. The molecule has 5 heteroatoms. The van der Waals surface area contributed by atoms with Gasteiger partial charge in [-0.25, -0.2) is 14.8 Å². The van der Waals surface area contributed by atoms with Gasteiger partial charge in [-0.15, -0.1) is 0 Å². The van der Waals surface area contributed by atoms with Crippen molar-refractivity contribution in [2.45, 2.75) is 6.92 Å². The third kappa shape index (κ3) is 3.62. The zero-order valence-electron chi connectivity index (χ0n) is 14.6. The van der Waals surface area contributed by atoms with Gasteiger partial charge in [0.1, 0.15) is 16.8 Å². The lowest BCUT2D eigenvalue weighted by molar-refractivity contribution is 0.0733. The van der Waals surface area contributed by atoms with Crippen LogP contribution in [0.4, 0.5) is 0 Å². The van der Waals surface area contributed by atoms with E-state index in [1.165, 1.54) is 0 Å². The van der Waals surface area contributed by atoms with Gasteiger partial charge in [0, 0.05) is 17.3 Å². The van der Waals surface area contributed by atoms with Crippen LogP contribution in [-0.4, -0.2) is 15.9 Å². The Morgan fingerprint density at radius 2 is 1.74 bits per heavy atom. The van der Waals surface area contributed by atoms with Crippen LogP contribution < -0.4 is 9.47 Å². The van der Waals surface area contributed by atoms with E-state index in [-0.39, 0.29) is 11.4 Å². The molecule has 4 rings (SSSR count). The van der Waals surface area contributed by atoms with Crippen LogP contribution in [0.2, 0.25) is 0 Å². The van der Waals surface area contributed by atoms with E-state index in [1.807, 2.05) is 49.4 Å². The Labute approximate surface area is 156 Å². The number of fused-ring (bicyclic) bond motifs is 1. The zero-order chi connectivity index (χ0) is 18.6. The molecule has 5 nitrogen and oxygen atoms in total. The average molecular weight is 356 g/mol. The third-order valence-corrected chi connectivity index (χ3v) is 3.97. The van der Waals surface area contributed by atoms with Gasteiger partial charge in [-0.3, -0.25) is 0 Å². The number of para-hydroxylation sites is 2. The summed E-state index contributed by atoms with van der Waals surface area (Å²) in [6.07, 6.45) is 1.57. The molecule has 132 valence electrons. The molecule has 2 heterocycles. The van der Waals surface area contributed by atoms with Crippen molar-refractivity contribution in [3.05, 3.63) is 90.3 Å². The predicted molar refractivity (Wildman–Crippen MR) is 102 cm³/mol. The zero-order valence-corrected chi connectivity index (χ0v) is 14.6. The summed E-state index contributed by atoms with van der Waals surface area (Å²) in [7, 11) is 0. The van der Waals surface area contributed by atoms with Gasteiger partial charge < -0.3 is 9.47 Å². The smallest absolute Gasteiger partial charge is 0.349 e. The largest absolute Gasteiger partial charge is 0.438 e. The lowest BCUT2D eigenvalue weighted by atomic mass is 10.2. The Morgan fingerprint density at radius 1 is 0.889 bits per heavy atom. The number of ether oxygens (including phenoxy) is 2. The molecule has 0 spiro atoms. The van der Waals surface area contributed by atoms with Crippen LogP contribution in [0.25, 0.3) is 10.9 Å². The molecule has 0 saturated carbocycles. The quantitative estimate of drug-likeness (QED) is 0.382. The van der Waals surface area contributed by atoms with Crippen LogP contribution in [0.1, 0.15) is 16.1 Å². The molecule has 2 aromatic carbocycles. The average Bonchev–Trinajstić information content (AvgIpc) is 2.69. The number of rotatable bonds is 4. The number of carbonyl (C=O) groups excluding carboxylic acids is 1. The van der Waals surface area contributed by atoms with Crippen molar-refractivity contribution in [1.82, 2.24) is 9.97 Å². The van der Waals surface area contributed by atoms with Crippen molar-refractivity contribution in [1.29, 1.82) is 0 Å². The number of pyridine rings is 2. The maximum absolute atomic E-state index is 12.8. The van der Waals surface area contributed by atoms with Gasteiger partial charge in [-0.2, -0.15) is 0 Å². The second-order valence-corrected chi connectivity index (χ2v) is 5.94. The minimum absolute atomic E-state index is 0.193. The first kappa shape index (κ1) is 16.7. The summed E-state index contributed by atoms with van der Waals surface area (Å²) in [5.74, 6) is 0.631. The summed E-state index contributed by atoms with van der Waals surface area (Å²) in [5, 5.41) is 0.901. The lowest BCUT2D eigenvalue weighted by Gasteiger charge is -2.11. The van der Waals surface area contributed by atoms with Gasteiger partial charge in [0.2, 0.25) is 5.88 Å². The number of carbonyl (C=O) groups is 1. The third-order valence-electron chi connectivity index (χ3n) is 3.97. The van der Waals surface area contributed by atoms with Crippen molar-refractivity contribution in [3.8, 4) is 17.4 Å². The van der Waals surface area contributed by atoms with E-state index < -0.39 is 5.97 Å². The van der Waals surface area contributed by atoms with Crippen LogP contribution in [0, 0.1) is 6.92 Å². The number of esters is 1. The normalized spacial score (nSPS) is 10.6. The monoisotopic (exact) mass is 356 g/mol. The van der Waals surface area contributed by atoms with Crippen LogP contribution in [0.15, 0.2) is 79.0 Å². The molecular weight excluding hydrogens is 340 g/mol. The van der Waals surface area contributed by atoms with Crippen molar-refractivity contribution < 1.29 is 14.3 Å². The topological polar surface area (TPSA) is 61.3 Å². The van der Waals surface area contributed by atoms with Crippen LogP contribution in [0.5, 0.6) is 17.4 Å². The molecule has 0 aliphatic rings. The molecule has 0 atom stereocenters. The maximum Gasteiger partial charge on any atom is 0.349 e. The summed E-state index contributed by atoms with van der Waals surface area (Å²) in [6.45, 7) is 1.89. The molecule has 0 amide bonds. The van der Waals surface area contributed by atoms with Crippen molar-refractivity contribution in [2.24, 2.45) is 0 Å². The van der Waals surface area contributed by atoms with E-state index in [0.29, 0.717) is 17.0 Å². The molecule has 0 bridgehead atoms. The van der Waals surface area contributed by atoms with E-state index in [1.54, 1.807) is 36.5 Å². The molecule has 27 heavy (non-hydrogen) atoms. The van der Waals surface area contributed by atoms with Gasteiger partial charge in [-0.05, 0) is 43.3 Å². The SMILES string of the molecule is Cc1ccc2cccc(OC(=O)c3cccnc3Oc3ccccc3)c2n1. The molecule has 0 aliphatic carbocycles. The van der Waals surface area contributed by atoms with Crippen LogP contribution >= 0.6 is 0 Å². The number of aryl methyl sites for hydroxylation is 1. The Balaban J connectivity index is 1.66. The molecule has 0 fully saturated rings. The van der Waals surface area contributed by atoms with Crippen LogP contribution in [0.3, 0.4) is 0 Å². The second-order valence-electron chi connectivity index (χ2n) is 5.94. The predicted octanol–water partition coefficient (Wildman–Crippen LogP) is 4.95. The van der Waals surface area contributed by atoms with E-state index in [4.69, 9.17) is 9.47 Å². The number of hydrogen-bond acceptors (Lipinski definition) is 5. The van der Waals surface area contributed by atoms with Crippen molar-refractivity contribution in [2.75, 3.05) is 0 Å². The summed E-state index contributed by atoms with van der Waals surface area (Å²) < 4.78 is 11.4. The first-order valence-electron chi connectivity index (χ1n) is 8.47. The highest BCUT2D eigenvalue weighted by Crippen LogP contribution is 2.27. The van der Waals surface area contributed by atoms with E-state index in [9.17, 15) is 4.79 Å². The Kier molecular flexibility index (Phi) is 4.49. The minimum Gasteiger partial charge on any atom is -0.438 e. The maximum atomic E-state index is 12.8. The Hall–Kier alpha value is -3.73. The summed E-state index contributed by atoms with van der Waals surface area (Å²) in [6, 6.07) is 21.8. The molecule has 4 aromatic rings. The number of benzene rings is 2. The highest BCUT2D eigenvalue weighted by Gasteiger charge is 2.18. The molecule has 0 unspecified atom stereocenters. The van der Waals surface area contributed by atoms with Gasteiger partial charge in [-0.1, -0.05) is 36.4 Å². The minimum atomic E-state index is -0.551. The molecule has 0 N–H and O–H groups in total. The summed E-state index contributed by atoms with van der Waals surface area (Å²) in [5.41, 5.74) is 1.73. The number of nitrogens with zero attached hydrogens (tertiary/aromatic N) is 2. The summed E-state index contributed by atoms with van der Waals surface area (Å²) >= 11 is 0. The second kappa shape index (κ2) is 7.25. The lowest BCUT2D eigenvalue weighted by Crippen LogP contribution is -2.11. The van der Waals surface area contributed by atoms with Gasteiger partial charge in [0.05, 0.1) is 0 Å². The van der Waals surface area contributed by atoms with E-state index in [2.05, 4.69) is 9.97 Å².